The number of pyridine rings is 1. The summed E-state index contributed by atoms with van der Waals surface area (Å²) in [5, 5.41) is 9.73. The molecule has 0 unspecified atom stereocenters. The monoisotopic (exact) mass is 426 g/mol. The molecule has 3 heterocycles. The summed E-state index contributed by atoms with van der Waals surface area (Å²) < 4.78 is 8.00. The van der Waals surface area contributed by atoms with E-state index in [0.29, 0.717) is 12.5 Å². The Bertz CT molecular complexity index is 1030. The van der Waals surface area contributed by atoms with Gasteiger partial charge in [-0.1, -0.05) is 19.6 Å². The number of carbonyl (C=O) groups excluding carboxylic acids is 1. The Morgan fingerprint density at radius 3 is 2.83 bits per heavy atom. The molecule has 4 rings (SSSR count). The van der Waals surface area contributed by atoms with Gasteiger partial charge in [0.15, 0.2) is 0 Å². The summed E-state index contributed by atoms with van der Waals surface area (Å²) in [6, 6.07) is 7.09. The van der Waals surface area contributed by atoms with Crippen molar-refractivity contribution in [2.45, 2.75) is 45.8 Å². The number of nitrogens with zero attached hydrogens (tertiary/aromatic N) is 3. The first-order chi connectivity index (χ1) is 13.8. The van der Waals surface area contributed by atoms with Crippen LogP contribution >= 0.6 is 11.3 Å². The lowest BCUT2D eigenvalue weighted by Gasteiger charge is -2.15. The van der Waals surface area contributed by atoms with Crippen molar-refractivity contribution in [3.8, 4) is 22.5 Å². The highest BCUT2D eigenvalue weighted by Gasteiger charge is 2.29. The molecule has 1 N–H and O–H groups in total. The predicted octanol–water partition coefficient (Wildman–Crippen LogP) is 4.85. The van der Waals surface area contributed by atoms with E-state index in [1.807, 2.05) is 16.8 Å². The number of anilines is 1. The van der Waals surface area contributed by atoms with Gasteiger partial charge in [0.2, 0.25) is 5.91 Å². The summed E-state index contributed by atoms with van der Waals surface area (Å²) >= 11 is 1.79. The van der Waals surface area contributed by atoms with Crippen LogP contribution in [0.25, 0.3) is 22.5 Å². The second kappa shape index (κ2) is 7.85. The van der Waals surface area contributed by atoms with E-state index in [4.69, 9.17) is 9.84 Å². The summed E-state index contributed by atoms with van der Waals surface area (Å²) in [5.74, 6) is 0.418. The van der Waals surface area contributed by atoms with Crippen molar-refractivity contribution in [2.24, 2.45) is 0 Å². The van der Waals surface area contributed by atoms with Gasteiger partial charge in [0.1, 0.15) is 12.5 Å². The van der Waals surface area contributed by atoms with E-state index in [1.165, 1.54) is 22.9 Å². The molecule has 1 amide bonds. The number of carbonyl (C=O) groups is 1. The summed E-state index contributed by atoms with van der Waals surface area (Å²) in [6.45, 7) is 9.77. The smallest absolute Gasteiger partial charge is 0.222 e. The van der Waals surface area contributed by atoms with Crippen LogP contribution in [-0.4, -0.2) is 35.4 Å². The second-order valence-electron chi connectivity index (χ2n) is 8.57. The van der Waals surface area contributed by atoms with E-state index in [0.717, 1.165) is 36.0 Å². The van der Waals surface area contributed by atoms with Crippen molar-refractivity contribution in [1.82, 2.24) is 14.8 Å². The van der Waals surface area contributed by atoms with E-state index < -0.39 is 8.07 Å². The van der Waals surface area contributed by atoms with E-state index in [2.05, 4.69) is 41.4 Å². The van der Waals surface area contributed by atoms with Crippen molar-refractivity contribution in [3.05, 3.63) is 40.2 Å². The third kappa shape index (κ3) is 4.34. The molecule has 29 heavy (non-hydrogen) atoms. The Balaban J connectivity index is 1.61. The summed E-state index contributed by atoms with van der Waals surface area (Å²) in [5.41, 5.74) is 5.55. The number of hydrogen-bond acceptors (Lipinski definition) is 5. The Kier molecular flexibility index (Phi) is 5.41. The molecular weight excluding hydrogens is 400 g/mol. The third-order valence-electron chi connectivity index (χ3n) is 4.94. The zero-order valence-corrected chi connectivity index (χ0v) is 19.1. The van der Waals surface area contributed by atoms with Crippen molar-refractivity contribution >= 4 is 31.1 Å². The molecule has 0 aromatic carbocycles. The maximum atomic E-state index is 11.2. The van der Waals surface area contributed by atoms with Gasteiger partial charge in [0, 0.05) is 55.8 Å². The molecule has 152 valence electrons. The predicted molar refractivity (Wildman–Crippen MR) is 120 cm³/mol. The van der Waals surface area contributed by atoms with Crippen molar-refractivity contribution < 1.29 is 9.53 Å². The number of ether oxygens (including phenoxy) is 1. The SMILES string of the molecule is CC(=O)Nc1ccc(-c2nn(COCC[Si](C)(C)C)c3c2Cc2sccc2-3)cn1. The van der Waals surface area contributed by atoms with Gasteiger partial charge >= 0.3 is 0 Å². The van der Waals surface area contributed by atoms with Crippen LogP contribution in [0.2, 0.25) is 25.7 Å². The number of aromatic nitrogens is 3. The van der Waals surface area contributed by atoms with Gasteiger partial charge in [-0.3, -0.25) is 4.79 Å². The van der Waals surface area contributed by atoms with Crippen LogP contribution in [0.4, 0.5) is 5.82 Å². The Labute approximate surface area is 175 Å². The first-order valence-corrected chi connectivity index (χ1v) is 14.4. The number of thiophene rings is 1. The molecule has 0 saturated carbocycles. The highest BCUT2D eigenvalue weighted by molar-refractivity contribution is 7.10. The first-order valence-electron chi connectivity index (χ1n) is 9.80. The van der Waals surface area contributed by atoms with Gasteiger partial charge in [-0.25, -0.2) is 9.67 Å². The zero-order valence-electron chi connectivity index (χ0n) is 17.3. The van der Waals surface area contributed by atoms with Gasteiger partial charge in [0.05, 0.1) is 11.4 Å². The van der Waals surface area contributed by atoms with Crippen molar-refractivity contribution in [1.29, 1.82) is 0 Å². The standard InChI is InChI=1S/C21H26N4O2SSi/c1-14(26)23-19-6-5-15(12-22-19)20-17-11-18-16(7-9-28-18)21(17)25(24-20)13-27-8-10-29(2,3)4/h5-7,9,12H,8,10-11,13H2,1-4H3,(H,22,23,26). The van der Waals surface area contributed by atoms with E-state index in [1.54, 1.807) is 17.5 Å². The quantitative estimate of drug-likeness (QED) is 0.339. The zero-order chi connectivity index (χ0) is 20.6. The van der Waals surface area contributed by atoms with Crippen molar-refractivity contribution in [2.75, 3.05) is 11.9 Å². The number of rotatable bonds is 7. The highest BCUT2D eigenvalue weighted by Crippen LogP contribution is 2.44. The number of amides is 1. The molecule has 0 spiro atoms. The molecule has 8 heteroatoms. The van der Waals surface area contributed by atoms with E-state index >= 15 is 0 Å². The highest BCUT2D eigenvalue weighted by atomic mass is 32.1. The molecule has 3 aromatic rings. The average molecular weight is 427 g/mol. The fourth-order valence-corrected chi connectivity index (χ4v) is 5.10. The average Bonchev–Trinajstić information content (AvgIpc) is 3.30. The number of hydrogen-bond donors (Lipinski definition) is 1. The molecule has 0 aliphatic heterocycles. The van der Waals surface area contributed by atoms with Crippen LogP contribution < -0.4 is 5.32 Å². The minimum Gasteiger partial charge on any atom is -0.360 e. The molecule has 0 saturated heterocycles. The minimum atomic E-state index is -1.12. The van der Waals surface area contributed by atoms with Crippen LogP contribution in [0.1, 0.15) is 17.4 Å². The molecular formula is C21H26N4O2SSi. The lowest BCUT2D eigenvalue weighted by Crippen LogP contribution is -2.22. The summed E-state index contributed by atoms with van der Waals surface area (Å²) in [7, 11) is -1.12. The van der Waals surface area contributed by atoms with Gasteiger partial charge in [-0.2, -0.15) is 5.10 Å². The molecule has 3 aromatic heterocycles. The van der Waals surface area contributed by atoms with Crippen LogP contribution in [-0.2, 0) is 22.7 Å². The largest absolute Gasteiger partial charge is 0.360 e. The van der Waals surface area contributed by atoms with Gasteiger partial charge < -0.3 is 10.1 Å². The Morgan fingerprint density at radius 2 is 2.14 bits per heavy atom. The van der Waals surface area contributed by atoms with E-state index in [-0.39, 0.29) is 5.91 Å². The molecule has 0 bridgehead atoms. The van der Waals surface area contributed by atoms with E-state index in [9.17, 15) is 4.79 Å². The first kappa shape index (κ1) is 20.0. The number of nitrogens with one attached hydrogen (secondary N) is 1. The second-order valence-corrected chi connectivity index (χ2v) is 15.2. The maximum Gasteiger partial charge on any atom is 0.222 e. The Morgan fingerprint density at radius 1 is 1.31 bits per heavy atom. The summed E-state index contributed by atoms with van der Waals surface area (Å²) in [4.78, 5) is 17.0. The molecule has 1 aliphatic rings. The normalized spacial score (nSPS) is 12.7. The van der Waals surface area contributed by atoms with Crippen LogP contribution in [0.15, 0.2) is 29.8 Å². The molecule has 1 aliphatic carbocycles. The number of fused-ring (bicyclic) bond motifs is 3. The van der Waals surface area contributed by atoms with Crippen LogP contribution in [0.5, 0.6) is 0 Å². The lowest BCUT2D eigenvalue weighted by molar-refractivity contribution is -0.114. The van der Waals surface area contributed by atoms with Gasteiger partial charge in [0.25, 0.3) is 0 Å². The maximum absolute atomic E-state index is 11.2. The minimum absolute atomic E-state index is 0.129. The topological polar surface area (TPSA) is 69.0 Å². The van der Waals surface area contributed by atoms with Crippen LogP contribution in [0, 0.1) is 0 Å². The van der Waals surface area contributed by atoms with Gasteiger partial charge in [-0.15, -0.1) is 11.3 Å². The fraction of sp³-hybridized carbons (Fsp3) is 0.381. The fourth-order valence-electron chi connectivity index (χ4n) is 3.46. The third-order valence-corrected chi connectivity index (χ3v) is 7.56. The molecule has 0 atom stereocenters. The Hall–Kier alpha value is -2.29. The molecule has 6 nitrogen and oxygen atoms in total. The summed E-state index contributed by atoms with van der Waals surface area (Å²) in [6.07, 6.45) is 2.66. The molecule has 0 fully saturated rings. The lowest BCUT2D eigenvalue weighted by atomic mass is 10.1. The molecule has 0 radical (unpaired) electrons. The van der Waals surface area contributed by atoms with Gasteiger partial charge in [-0.05, 0) is 29.6 Å². The van der Waals surface area contributed by atoms with Crippen molar-refractivity contribution in [3.63, 3.8) is 0 Å². The van der Waals surface area contributed by atoms with Crippen LogP contribution in [0.3, 0.4) is 0 Å².